The maximum absolute atomic E-state index is 12.1. The highest BCUT2D eigenvalue weighted by Gasteiger charge is 2.28. The van der Waals surface area contributed by atoms with Crippen molar-refractivity contribution >= 4 is 43.6 Å². The number of hydrogen-bond acceptors (Lipinski definition) is 7. The summed E-state index contributed by atoms with van der Waals surface area (Å²) in [5, 5.41) is 1.09. The van der Waals surface area contributed by atoms with Gasteiger partial charge >= 0.3 is 5.97 Å². The zero-order valence-electron chi connectivity index (χ0n) is 17.7. The molecule has 0 saturated carbocycles. The van der Waals surface area contributed by atoms with E-state index in [0.717, 1.165) is 69.0 Å². The minimum Gasteiger partial charge on any atom is -0.466 e. The topological polar surface area (TPSA) is 68.2 Å². The van der Waals surface area contributed by atoms with Crippen LogP contribution in [0.25, 0.3) is 31.6 Å². The van der Waals surface area contributed by atoms with E-state index >= 15 is 0 Å². The summed E-state index contributed by atoms with van der Waals surface area (Å²) >= 11 is 1.65. The molecule has 3 aromatic heterocycles. The molecule has 0 atom stereocenters. The van der Waals surface area contributed by atoms with Gasteiger partial charge in [-0.25, -0.2) is 15.0 Å². The highest BCUT2D eigenvalue weighted by Crippen LogP contribution is 2.41. The second kappa shape index (κ2) is 8.23. The first kappa shape index (κ1) is 19.9. The summed E-state index contributed by atoms with van der Waals surface area (Å²) in [5.41, 5.74) is 4.25. The summed E-state index contributed by atoms with van der Waals surface area (Å²) in [6.07, 6.45) is 3.21. The zero-order chi connectivity index (χ0) is 21.4. The molecule has 7 heteroatoms. The molecule has 31 heavy (non-hydrogen) atoms. The molecule has 0 N–H and O–H groups in total. The van der Waals surface area contributed by atoms with Gasteiger partial charge in [-0.1, -0.05) is 30.3 Å². The van der Waals surface area contributed by atoms with E-state index < -0.39 is 0 Å². The average Bonchev–Trinajstić information content (AvgIpc) is 3.17. The highest BCUT2D eigenvalue weighted by atomic mass is 32.1. The quantitative estimate of drug-likeness (QED) is 0.423. The van der Waals surface area contributed by atoms with Crippen molar-refractivity contribution in [2.45, 2.75) is 26.7 Å². The first-order chi connectivity index (χ1) is 15.2. The number of esters is 1. The van der Waals surface area contributed by atoms with Gasteiger partial charge in [-0.15, -0.1) is 11.3 Å². The minimum absolute atomic E-state index is 0.0232. The van der Waals surface area contributed by atoms with Crippen LogP contribution >= 0.6 is 11.3 Å². The number of fused-ring (bicyclic) bond motifs is 3. The highest BCUT2D eigenvalue weighted by molar-refractivity contribution is 7.26. The number of ether oxygens (including phenoxy) is 1. The van der Waals surface area contributed by atoms with Crippen LogP contribution in [0.5, 0.6) is 0 Å². The number of pyridine rings is 1. The van der Waals surface area contributed by atoms with E-state index in [1.807, 2.05) is 19.9 Å². The van der Waals surface area contributed by atoms with Crippen LogP contribution in [0.4, 0.5) is 5.82 Å². The molecule has 1 aliphatic heterocycles. The number of aryl methyl sites for hydroxylation is 1. The minimum atomic E-state index is -0.0796. The molecule has 0 amide bonds. The predicted octanol–water partition coefficient (Wildman–Crippen LogP) is 4.99. The molecular weight excluding hydrogens is 408 g/mol. The Morgan fingerprint density at radius 3 is 2.71 bits per heavy atom. The van der Waals surface area contributed by atoms with Crippen molar-refractivity contribution in [3.63, 3.8) is 0 Å². The third kappa shape index (κ3) is 3.63. The molecule has 0 unspecified atom stereocenters. The largest absolute Gasteiger partial charge is 0.466 e. The molecule has 1 aromatic carbocycles. The molecule has 0 bridgehead atoms. The van der Waals surface area contributed by atoms with E-state index in [2.05, 4.69) is 45.2 Å². The number of carbonyl (C=O) groups excluding carboxylic acids is 1. The Morgan fingerprint density at radius 1 is 1.19 bits per heavy atom. The molecule has 1 fully saturated rings. The van der Waals surface area contributed by atoms with E-state index in [1.54, 1.807) is 17.7 Å². The number of anilines is 1. The fourth-order valence-corrected chi connectivity index (χ4v) is 5.55. The van der Waals surface area contributed by atoms with Crippen molar-refractivity contribution in [1.82, 2.24) is 15.0 Å². The van der Waals surface area contributed by atoms with Crippen LogP contribution in [0.2, 0.25) is 0 Å². The first-order valence-corrected chi connectivity index (χ1v) is 11.5. The van der Waals surface area contributed by atoms with Crippen molar-refractivity contribution in [3.8, 4) is 11.1 Å². The van der Waals surface area contributed by atoms with Crippen molar-refractivity contribution in [3.05, 3.63) is 48.4 Å². The Morgan fingerprint density at radius 2 is 1.97 bits per heavy atom. The summed E-state index contributed by atoms with van der Waals surface area (Å²) < 4.78 is 6.27. The standard InChI is InChI=1S/C24H24N4O2S/c1-3-30-24(29)17-9-11-28(12-10-17)22-21-20(25-14-26-22)19-18(16-7-5-4-6-8-16)13-15(2)27-23(19)31-21/h4-8,13-14,17H,3,9-12H2,1-2H3. The Kier molecular flexibility index (Phi) is 5.28. The molecule has 158 valence electrons. The van der Waals surface area contributed by atoms with Crippen LogP contribution < -0.4 is 4.90 Å². The van der Waals surface area contributed by atoms with E-state index in [-0.39, 0.29) is 11.9 Å². The summed E-state index contributed by atoms with van der Waals surface area (Å²) in [5.74, 6) is 0.834. The number of benzene rings is 1. The number of carbonyl (C=O) groups is 1. The number of rotatable bonds is 4. The SMILES string of the molecule is CCOC(=O)C1CCN(c2ncnc3c2sc2nc(C)cc(-c4ccccc4)c23)CC1. The maximum Gasteiger partial charge on any atom is 0.309 e. The fourth-order valence-electron chi connectivity index (χ4n) is 4.34. The van der Waals surface area contributed by atoms with Gasteiger partial charge in [0.05, 0.1) is 22.7 Å². The second-order valence-corrected chi connectivity index (χ2v) is 8.85. The Balaban J connectivity index is 1.56. The van der Waals surface area contributed by atoms with Crippen LogP contribution in [0.1, 0.15) is 25.5 Å². The molecular formula is C24H24N4O2S. The lowest BCUT2D eigenvalue weighted by atomic mass is 9.97. The van der Waals surface area contributed by atoms with E-state index in [1.165, 1.54) is 0 Å². The van der Waals surface area contributed by atoms with Gasteiger partial charge in [-0.3, -0.25) is 4.79 Å². The molecule has 1 aliphatic rings. The Bertz CT molecular complexity index is 1250. The number of nitrogens with zero attached hydrogens (tertiary/aromatic N) is 4. The summed E-state index contributed by atoms with van der Waals surface area (Å²) in [7, 11) is 0. The van der Waals surface area contributed by atoms with Crippen LogP contribution in [0.15, 0.2) is 42.7 Å². The molecule has 4 aromatic rings. The van der Waals surface area contributed by atoms with Gasteiger partial charge in [0.1, 0.15) is 17.0 Å². The van der Waals surface area contributed by atoms with Gasteiger partial charge in [0.25, 0.3) is 0 Å². The lowest BCUT2D eigenvalue weighted by Crippen LogP contribution is -2.37. The normalized spacial score (nSPS) is 15.0. The van der Waals surface area contributed by atoms with E-state index in [0.29, 0.717) is 6.61 Å². The summed E-state index contributed by atoms with van der Waals surface area (Å²) in [4.78, 5) is 29.5. The van der Waals surface area contributed by atoms with Gasteiger partial charge < -0.3 is 9.64 Å². The second-order valence-electron chi connectivity index (χ2n) is 7.85. The lowest BCUT2D eigenvalue weighted by molar-refractivity contribution is -0.148. The van der Waals surface area contributed by atoms with Gasteiger partial charge in [0.2, 0.25) is 0 Å². The van der Waals surface area contributed by atoms with E-state index in [4.69, 9.17) is 9.72 Å². The Labute approximate surface area is 184 Å². The van der Waals surface area contributed by atoms with Crippen molar-refractivity contribution < 1.29 is 9.53 Å². The van der Waals surface area contributed by atoms with Crippen molar-refractivity contribution in [1.29, 1.82) is 0 Å². The van der Waals surface area contributed by atoms with Crippen molar-refractivity contribution in [2.24, 2.45) is 5.92 Å². The van der Waals surface area contributed by atoms with Crippen LogP contribution in [-0.2, 0) is 9.53 Å². The molecule has 1 saturated heterocycles. The van der Waals surface area contributed by atoms with Gasteiger partial charge in [0.15, 0.2) is 0 Å². The number of piperidine rings is 1. The van der Waals surface area contributed by atoms with E-state index in [9.17, 15) is 4.79 Å². The molecule has 5 rings (SSSR count). The monoisotopic (exact) mass is 432 g/mol. The van der Waals surface area contributed by atoms with Gasteiger partial charge in [-0.05, 0) is 43.9 Å². The summed E-state index contributed by atoms with van der Waals surface area (Å²) in [6, 6.07) is 12.5. The number of thiophene rings is 1. The average molecular weight is 433 g/mol. The van der Waals surface area contributed by atoms with Crippen LogP contribution in [0.3, 0.4) is 0 Å². The van der Waals surface area contributed by atoms with Crippen LogP contribution in [0, 0.1) is 12.8 Å². The predicted molar refractivity (Wildman–Crippen MR) is 124 cm³/mol. The first-order valence-electron chi connectivity index (χ1n) is 10.7. The molecule has 0 spiro atoms. The molecule has 0 radical (unpaired) electrons. The van der Waals surface area contributed by atoms with Crippen LogP contribution in [-0.4, -0.2) is 40.6 Å². The smallest absolute Gasteiger partial charge is 0.309 e. The zero-order valence-corrected chi connectivity index (χ0v) is 18.5. The molecule has 4 heterocycles. The van der Waals surface area contributed by atoms with Gasteiger partial charge in [-0.2, -0.15) is 0 Å². The maximum atomic E-state index is 12.1. The Hall–Kier alpha value is -3.06. The number of hydrogen-bond donors (Lipinski definition) is 0. The third-order valence-corrected chi connectivity index (χ3v) is 6.90. The van der Waals surface area contributed by atoms with Crippen molar-refractivity contribution in [2.75, 3.05) is 24.6 Å². The lowest BCUT2D eigenvalue weighted by Gasteiger charge is -2.31. The number of aromatic nitrogens is 3. The summed E-state index contributed by atoms with van der Waals surface area (Å²) in [6.45, 7) is 5.88. The molecule has 0 aliphatic carbocycles. The fraction of sp³-hybridized carbons (Fsp3) is 0.333. The third-order valence-electron chi connectivity index (χ3n) is 5.83. The molecule has 6 nitrogen and oxygen atoms in total. The van der Waals surface area contributed by atoms with Gasteiger partial charge in [0, 0.05) is 24.2 Å².